The Morgan fingerprint density at radius 1 is 0.600 bits per heavy atom. The first-order chi connectivity index (χ1) is 18.6. The van der Waals surface area contributed by atoms with Crippen molar-refractivity contribution < 1.29 is 23.9 Å². The van der Waals surface area contributed by atoms with Crippen molar-refractivity contribution in [3.63, 3.8) is 0 Å². The highest BCUT2D eigenvalue weighted by Crippen LogP contribution is 2.37. The van der Waals surface area contributed by atoms with Crippen LogP contribution in [0.2, 0.25) is 0 Å². The Morgan fingerprint density at radius 2 is 1.00 bits per heavy atom. The van der Waals surface area contributed by atoms with E-state index < -0.39 is 11.9 Å². The van der Waals surface area contributed by atoms with Gasteiger partial charge in [-0.05, 0) is 100 Å². The zero-order valence-electron chi connectivity index (χ0n) is 23.0. The predicted molar refractivity (Wildman–Crippen MR) is 160 cm³/mol. The van der Waals surface area contributed by atoms with Gasteiger partial charge in [-0.1, -0.05) is 25.0 Å². The van der Waals surface area contributed by atoms with E-state index in [0.717, 1.165) is 63.2 Å². The Bertz CT molecular complexity index is 1090. The molecule has 7 nitrogen and oxygen atoms in total. The standard InChI is InChI=1S/C31H38N2O5.2ClH/c34-29-27-21-23(30(35)37-19-7-17-32-13-3-1-4-14-32)9-11-25(27)26-12-10-24(22-28(26)29)31(36)38-20-8-18-33-15-5-2-6-16-33;;/h9-12,21-22H,1-8,13-20H2;2*1H. The molecule has 9 heteroatoms. The molecule has 0 aromatic heterocycles. The largest absolute Gasteiger partial charge is 0.462 e. The van der Waals surface area contributed by atoms with E-state index >= 15 is 0 Å². The van der Waals surface area contributed by atoms with Gasteiger partial charge < -0.3 is 19.3 Å². The number of ketones is 1. The summed E-state index contributed by atoms with van der Waals surface area (Å²) in [6.07, 6.45) is 9.18. The first-order valence-corrected chi connectivity index (χ1v) is 14.2. The van der Waals surface area contributed by atoms with Gasteiger partial charge >= 0.3 is 11.9 Å². The monoisotopic (exact) mass is 590 g/mol. The Labute approximate surface area is 249 Å². The van der Waals surface area contributed by atoms with Crippen LogP contribution < -0.4 is 0 Å². The van der Waals surface area contributed by atoms with Crippen molar-refractivity contribution in [2.24, 2.45) is 0 Å². The van der Waals surface area contributed by atoms with Crippen molar-refractivity contribution in [2.75, 3.05) is 52.5 Å². The maximum atomic E-state index is 13.2. The van der Waals surface area contributed by atoms with Gasteiger partial charge in [0.15, 0.2) is 5.78 Å². The minimum absolute atomic E-state index is 0. The molecule has 2 aliphatic heterocycles. The fraction of sp³-hybridized carbons (Fsp3) is 0.516. The van der Waals surface area contributed by atoms with Crippen molar-refractivity contribution in [1.29, 1.82) is 0 Å². The minimum Gasteiger partial charge on any atom is -0.462 e. The molecule has 0 amide bonds. The summed E-state index contributed by atoms with van der Waals surface area (Å²) in [6, 6.07) is 10.2. The van der Waals surface area contributed by atoms with Gasteiger partial charge in [0, 0.05) is 24.2 Å². The number of nitrogens with zero attached hydrogens (tertiary/aromatic N) is 2. The molecule has 40 heavy (non-hydrogen) atoms. The van der Waals surface area contributed by atoms with Gasteiger partial charge in [0.2, 0.25) is 0 Å². The zero-order valence-corrected chi connectivity index (χ0v) is 24.7. The molecule has 0 radical (unpaired) electrons. The van der Waals surface area contributed by atoms with Crippen LogP contribution in [-0.4, -0.2) is 80.0 Å². The molecule has 1 aliphatic carbocycles. The van der Waals surface area contributed by atoms with Crippen molar-refractivity contribution in [1.82, 2.24) is 9.80 Å². The van der Waals surface area contributed by atoms with Gasteiger partial charge in [0.1, 0.15) is 0 Å². The van der Waals surface area contributed by atoms with Gasteiger partial charge in [-0.2, -0.15) is 0 Å². The van der Waals surface area contributed by atoms with Crippen LogP contribution in [0.15, 0.2) is 36.4 Å². The lowest BCUT2D eigenvalue weighted by Gasteiger charge is -2.26. The van der Waals surface area contributed by atoms with Crippen LogP contribution in [-0.2, 0) is 9.47 Å². The van der Waals surface area contributed by atoms with E-state index in [9.17, 15) is 14.4 Å². The summed E-state index contributed by atoms with van der Waals surface area (Å²) < 4.78 is 11.0. The molecule has 2 aromatic carbocycles. The normalized spacial score (nSPS) is 16.8. The number of hydrogen-bond acceptors (Lipinski definition) is 7. The fourth-order valence-electron chi connectivity index (χ4n) is 5.77. The highest BCUT2D eigenvalue weighted by Gasteiger charge is 2.29. The van der Waals surface area contributed by atoms with Crippen LogP contribution in [0.3, 0.4) is 0 Å². The number of hydrogen-bond donors (Lipinski definition) is 0. The van der Waals surface area contributed by atoms with Gasteiger partial charge in [-0.15, -0.1) is 24.8 Å². The molecule has 2 heterocycles. The molecular formula is C31H40Cl2N2O5. The number of carbonyl (C=O) groups is 3. The Hall–Kier alpha value is -2.45. The molecule has 0 atom stereocenters. The smallest absolute Gasteiger partial charge is 0.338 e. The van der Waals surface area contributed by atoms with Crippen LogP contribution in [0.1, 0.15) is 88.0 Å². The summed E-state index contributed by atoms with van der Waals surface area (Å²) in [5.74, 6) is -1.01. The molecule has 2 fully saturated rings. The summed E-state index contributed by atoms with van der Waals surface area (Å²) in [5, 5.41) is 0. The topological polar surface area (TPSA) is 76.1 Å². The molecule has 3 aliphatic rings. The lowest BCUT2D eigenvalue weighted by Crippen LogP contribution is -2.31. The van der Waals surface area contributed by atoms with Crippen LogP contribution in [0.25, 0.3) is 11.1 Å². The Kier molecular flexibility index (Phi) is 12.4. The predicted octanol–water partition coefficient (Wildman–Crippen LogP) is 5.81. The number of piperidine rings is 2. The Balaban J connectivity index is 0.00000220. The number of likely N-dealkylation sites (tertiary alicyclic amines) is 2. The third kappa shape index (κ3) is 7.84. The summed E-state index contributed by atoms with van der Waals surface area (Å²) in [5.41, 5.74) is 3.22. The van der Waals surface area contributed by atoms with Gasteiger partial charge in [0.25, 0.3) is 0 Å². The lowest BCUT2D eigenvalue weighted by molar-refractivity contribution is 0.0476. The molecule has 2 aromatic rings. The summed E-state index contributed by atoms with van der Waals surface area (Å²) >= 11 is 0. The number of fused-ring (bicyclic) bond motifs is 3. The van der Waals surface area contributed by atoms with E-state index in [-0.39, 0.29) is 30.6 Å². The number of halogens is 2. The molecule has 0 unspecified atom stereocenters. The van der Waals surface area contributed by atoms with E-state index in [2.05, 4.69) is 9.80 Å². The maximum Gasteiger partial charge on any atom is 0.338 e. The van der Waals surface area contributed by atoms with Crippen LogP contribution in [0, 0.1) is 0 Å². The van der Waals surface area contributed by atoms with Crippen LogP contribution in [0.4, 0.5) is 0 Å². The quantitative estimate of drug-likeness (QED) is 0.218. The van der Waals surface area contributed by atoms with Gasteiger partial charge in [0.05, 0.1) is 24.3 Å². The number of carbonyl (C=O) groups excluding carboxylic acids is 3. The van der Waals surface area contributed by atoms with E-state index in [1.54, 1.807) is 36.4 Å². The molecule has 0 bridgehead atoms. The summed E-state index contributed by atoms with van der Waals surface area (Å²) in [7, 11) is 0. The molecule has 218 valence electrons. The zero-order chi connectivity index (χ0) is 26.3. The lowest BCUT2D eigenvalue weighted by atomic mass is 10.0. The van der Waals surface area contributed by atoms with Gasteiger partial charge in [-0.25, -0.2) is 9.59 Å². The number of rotatable bonds is 10. The first kappa shape index (κ1) is 32.1. The average molecular weight is 592 g/mol. The van der Waals surface area contributed by atoms with E-state index in [1.165, 1.54) is 38.5 Å². The minimum atomic E-state index is -0.413. The molecule has 2 saturated heterocycles. The second kappa shape index (κ2) is 15.5. The first-order valence-electron chi connectivity index (χ1n) is 14.2. The van der Waals surface area contributed by atoms with Crippen molar-refractivity contribution >= 4 is 42.5 Å². The Morgan fingerprint density at radius 3 is 1.40 bits per heavy atom. The van der Waals surface area contributed by atoms with Crippen molar-refractivity contribution in [2.45, 2.75) is 51.4 Å². The number of benzene rings is 2. The average Bonchev–Trinajstić information content (AvgIpc) is 3.25. The number of ether oxygens (including phenoxy) is 2. The fourth-order valence-corrected chi connectivity index (χ4v) is 5.77. The third-order valence-corrected chi connectivity index (χ3v) is 7.89. The summed E-state index contributed by atoms with van der Waals surface area (Å²) in [4.78, 5) is 43.3. The van der Waals surface area contributed by atoms with Gasteiger partial charge in [-0.3, -0.25) is 4.79 Å². The second-order valence-electron chi connectivity index (χ2n) is 10.6. The van der Waals surface area contributed by atoms with Crippen molar-refractivity contribution in [3.05, 3.63) is 58.7 Å². The highest BCUT2D eigenvalue weighted by molar-refractivity contribution is 6.22. The van der Waals surface area contributed by atoms with Crippen LogP contribution >= 0.6 is 24.8 Å². The van der Waals surface area contributed by atoms with Crippen LogP contribution in [0.5, 0.6) is 0 Å². The molecule has 5 rings (SSSR count). The maximum absolute atomic E-state index is 13.2. The SMILES string of the molecule is Cl.Cl.O=C(OCCCN1CCCCC1)c1ccc2c(c1)C(=O)c1cc(C(=O)OCCCN3CCCCC3)ccc1-2. The van der Waals surface area contributed by atoms with E-state index in [0.29, 0.717) is 35.5 Å². The molecule has 0 N–H and O–H groups in total. The summed E-state index contributed by atoms with van der Waals surface area (Å²) in [6.45, 7) is 7.11. The second-order valence-corrected chi connectivity index (χ2v) is 10.6. The van der Waals surface area contributed by atoms with E-state index in [1.807, 2.05) is 0 Å². The molecular weight excluding hydrogens is 551 g/mol. The van der Waals surface area contributed by atoms with Crippen molar-refractivity contribution in [3.8, 4) is 11.1 Å². The van der Waals surface area contributed by atoms with E-state index in [4.69, 9.17) is 9.47 Å². The molecule has 0 spiro atoms. The third-order valence-electron chi connectivity index (χ3n) is 7.89. The number of esters is 2. The molecule has 0 saturated carbocycles. The highest BCUT2D eigenvalue weighted by atomic mass is 35.5.